The van der Waals surface area contributed by atoms with Crippen LogP contribution in [-0.4, -0.2) is 30.1 Å². The maximum Gasteiger partial charge on any atom is 0.310 e. The summed E-state index contributed by atoms with van der Waals surface area (Å²) in [6.07, 6.45) is 0. The molecule has 16 heavy (non-hydrogen) atoms. The quantitative estimate of drug-likeness (QED) is 0.852. The standard InChI is InChI=1S/C12H16FNO2/c1-8(12(15)16)9-4-5-10(7-14(2)3)11(13)6-9/h4-6,8H,7H2,1-3H3,(H,15,16). The van der Waals surface area contributed by atoms with E-state index in [0.717, 1.165) is 0 Å². The number of benzene rings is 1. The molecule has 0 fully saturated rings. The first-order chi connectivity index (χ1) is 7.41. The van der Waals surface area contributed by atoms with Crippen LogP contribution in [-0.2, 0) is 11.3 Å². The minimum atomic E-state index is -0.945. The molecular weight excluding hydrogens is 209 g/mol. The van der Waals surface area contributed by atoms with E-state index in [1.54, 1.807) is 19.1 Å². The van der Waals surface area contributed by atoms with Gasteiger partial charge in [-0.05, 0) is 32.6 Å². The van der Waals surface area contributed by atoms with E-state index in [1.165, 1.54) is 6.07 Å². The Morgan fingerprint density at radius 2 is 2.12 bits per heavy atom. The Bertz CT molecular complexity index is 391. The van der Waals surface area contributed by atoms with Crippen molar-refractivity contribution in [1.29, 1.82) is 0 Å². The summed E-state index contributed by atoms with van der Waals surface area (Å²) in [5, 5.41) is 8.81. The highest BCUT2D eigenvalue weighted by Gasteiger charge is 2.15. The largest absolute Gasteiger partial charge is 0.481 e. The highest BCUT2D eigenvalue weighted by Crippen LogP contribution is 2.19. The molecule has 1 aromatic rings. The van der Waals surface area contributed by atoms with Crippen molar-refractivity contribution >= 4 is 5.97 Å². The van der Waals surface area contributed by atoms with Gasteiger partial charge in [-0.15, -0.1) is 0 Å². The SMILES string of the molecule is CC(C(=O)O)c1ccc(CN(C)C)c(F)c1. The molecular formula is C12H16FNO2. The van der Waals surface area contributed by atoms with E-state index in [0.29, 0.717) is 17.7 Å². The number of carbonyl (C=O) groups is 1. The molecule has 0 saturated heterocycles. The van der Waals surface area contributed by atoms with Gasteiger partial charge in [0.05, 0.1) is 5.92 Å². The molecule has 0 aliphatic rings. The van der Waals surface area contributed by atoms with E-state index in [1.807, 2.05) is 19.0 Å². The zero-order valence-electron chi connectivity index (χ0n) is 9.70. The monoisotopic (exact) mass is 225 g/mol. The lowest BCUT2D eigenvalue weighted by molar-refractivity contribution is -0.138. The minimum Gasteiger partial charge on any atom is -0.481 e. The van der Waals surface area contributed by atoms with Gasteiger partial charge < -0.3 is 10.0 Å². The summed E-state index contributed by atoms with van der Waals surface area (Å²) in [6, 6.07) is 4.61. The number of halogens is 1. The van der Waals surface area contributed by atoms with Crippen molar-refractivity contribution in [3.05, 3.63) is 35.1 Å². The summed E-state index contributed by atoms with van der Waals surface area (Å²) >= 11 is 0. The van der Waals surface area contributed by atoms with Crippen LogP contribution in [0.2, 0.25) is 0 Å². The minimum absolute atomic E-state index is 0.348. The van der Waals surface area contributed by atoms with Gasteiger partial charge in [-0.2, -0.15) is 0 Å². The average molecular weight is 225 g/mol. The Labute approximate surface area is 94.5 Å². The predicted molar refractivity (Wildman–Crippen MR) is 59.8 cm³/mol. The molecule has 1 unspecified atom stereocenters. The Morgan fingerprint density at radius 3 is 2.56 bits per heavy atom. The molecule has 1 N–H and O–H groups in total. The molecule has 88 valence electrons. The molecule has 0 heterocycles. The van der Waals surface area contributed by atoms with Gasteiger partial charge in [-0.25, -0.2) is 4.39 Å². The fourth-order valence-corrected chi connectivity index (χ4v) is 1.44. The van der Waals surface area contributed by atoms with Crippen molar-refractivity contribution < 1.29 is 14.3 Å². The first-order valence-corrected chi connectivity index (χ1v) is 5.07. The zero-order valence-corrected chi connectivity index (χ0v) is 9.70. The molecule has 0 saturated carbocycles. The van der Waals surface area contributed by atoms with Crippen molar-refractivity contribution in [2.24, 2.45) is 0 Å². The molecule has 0 aliphatic heterocycles. The van der Waals surface area contributed by atoms with Crippen LogP contribution in [0.15, 0.2) is 18.2 Å². The summed E-state index contributed by atoms with van der Waals surface area (Å²) < 4.78 is 13.6. The van der Waals surface area contributed by atoms with Crippen LogP contribution in [0, 0.1) is 5.82 Å². The number of hydrogen-bond donors (Lipinski definition) is 1. The summed E-state index contributed by atoms with van der Waals surface area (Å²) in [4.78, 5) is 12.6. The molecule has 0 amide bonds. The van der Waals surface area contributed by atoms with E-state index in [2.05, 4.69) is 0 Å². The molecule has 4 heteroatoms. The summed E-state index contributed by atoms with van der Waals surface area (Å²) in [5.41, 5.74) is 1.07. The lowest BCUT2D eigenvalue weighted by Crippen LogP contribution is -2.13. The van der Waals surface area contributed by atoms with Crippen molar-refractivity contribution in [2.45, 2.75) is 19.4 Å². The lowest BCUT2D eigenvalue weighted by Gasteiger charge is -2.12. The smallest absolute Gasteiger partial charge is 0.310 e. The van der Waals surface area contributed by atoms with Crippen molar-refractivity contribution in [1.82, 2.24) is 4.90 Å². The second-order valence-electron chi connectivity index (χ2n) is 4.15. The molecule has 0 aliphatic carbocycles. The van der Waals surface area contributed by atoms with Crippen molar-refractivity contribution in [2.75, 3.05) is 14.1 Å². The van der Waals surface area contributed by atoms with Crippen LogP contribution in [0.3, 0.4) is 0 Å². The topological polar surface area (TPSA) is 40.5 Å². The number of rotatable bonds is 4. The van der Waals surface area contributed by atoms with Gasteiger partial charge >= 0.3 is 5.97 Å². The van der Waals surface area contributed by atoms with E-state index >= 15 is 0 Å². The van der Waals surface area contributed by atoms with Gasteiger partial charge in [0, 0.05) is 12.1 Å². The van der Waals surface area contributed by atoms with Gasteiger partial charge in [0.1, 0.15) is 5.82 Å². The number of carboxylic acid groups (broad SMARTS) is 1. The molecule has 1 aromatic carbocycles. The normalized spacial score (nSPS) is 12.8. The average Bonchev–Trinajstić information content (AvgIpc) is 2.19. The van der Waals surface area contributed by atoms with Crippen molar-refractivity contribution in [3.8, 4) is 0 Å². The fraction of sp³-hybridized carbons (Fsp3) is 0.417. The zero-order chi connectivity index (χ0) is 12.3. The second-order valence-corrected chi connectivity index (χ2v) is 4.15. The highest BCUT2D eigenvalue weighted by molar-refractivity contribution is 5.75. The molecule has 3 nitrogen and oxygen atoms in total. The highest BCUT2D eigenvalue weighted by atomic mass is 19.1. The fourth-order valence-electron chi connectivity index (χ4n) is 1.44. The Balaban J connectivity index is 2.95. The molecule has 0 spiro atoms. The van der Waals surface area contributed by atoms with Gasteiger partial charge in [-0.1, -0.05) is 12.1 Å². The third-order valence-corrected chi connectivity index (χ3v) is 2.43. The van der Waals surface area contributed by atoms with E-state index in [9.17, 15) is 9.18 Å². The molecule has 1 atom stereocenters. The number of aliphatic carboxylic acids is 1. The lowest BCUT2D eigenvalue weighted by atomic mass is 9.99. The van der Waals surface area contributed by atoms with Crippen LogP contribution < -0.4 is 0 Å². The first kappa shape index (κ1) is 12.6. The van der Waals surface area contributed by atoms with Gasteiger partial charge in [0.2, 0.25) is 0 Å². The third-order valence-electron chi connectivity index (χ3n) is 2.43. The Morgan fingerprint density at radius 1 is 1.50 bits per heavy atom. The van der Waals surface area contributed by atoms with Gasteiger partial charge in [-0.3, -0.25) is 4.79 Å². The molecule has 1 rings (SSSR count). The van der Waals surface area contributed by atoms with Crippen LogP contribution in [0.1, 0.15) is 24.0 Å². The van der Waals surface area contributed by atoms with Gasteiger partial charge in [0.25, 0.3) is 0 Å². The van der Waals surface area contributed by atoms with E-state index in [-0.39, 0.29) is 5.82 Å². The van der Waals surface area contributed by atoms with E-state index < -0.39 is 11.9 Å². The van der Waals surface area contributed by atoms with E-state index in [4.69, 9.17) is 5.11 Å². The van der Waals surface area contributed by atoms with Crippen LogP contribution in [0.4, 0.5) is 4.39 Å². The second kappa shape index (κ2) is 5.07. The maximum atomic E-state index is 13.6. The number of carboxylic acids is 1. The van der Waals surface area contributed by atoms with Crippen LogP contribution in [0.5, 0.6) is 0 Å². The number of hydrogen-bond acceptors (Lipinski definition) is 2. The summed E-state index contributed by atoms with van der Waals surface area (Å²) in [5.74, 6) is -1.97. The number of nitrogens with zero attached hydrogens (tertiary/aromatic N) is 1. The summed E-state index contributed by atoms with van der Waals surface area (Å²) in [6.45, 7) is 2.05. The molecule has 0 aromatic heterocycles. The molecule has 0 bridgehead atoms. The first-order valence-electron chi connectivity index (χ1n) is 5.07. The Hall–Kier alpha value is -1.42. The predicted octanol–water partition coefficient (Wildman–Crippen LogP) is 2.08. The van der Waals surface area contributed by atoms with Gasteiger partial charge in [0.15, 0.2) is 0 Å². The van der Waals surface area contributed by atoms with Crippen LogP contribution >= 0.6 is 0 Å². The third kappa shape index (κ3) is 3.03. The van der Waals surface area contributed by atoms with Crippen LogP contribution in [0.25, 0.3) is 0 Å². The Kier molecular flexibility index (Phi) is 4.01. The molecule has 0 radical (unpaired) electrons. The maximum absolute atomic E-state index is 13.6. The van der Waals surface area contributed by atoms with Crippen molar-refractivity contribution in [3.63, 3.8) is 0 Å². The summed E-state index contributed by atoms with van der Waals surface area (Å²) in [7, 11) is 3.71.